The van der Waals surface area contributed by atoms with E-state index < -0.39 is 10.0 Å². The molecule has 7 nitrogen and oxygen atoms in total. The maximum atomic E-state index is 12.8. The number of ether oxygens (including phenoxy) is 1. The standard InChI is InChI=1S/C20H23Cl2N3O4S/c1-29-17-6-3-15(4-7-17)23-9-11-24(12-10-23)20(26)14-25(30(2,27)28)16-5-8-18(21)19(22)13-16/h3-8,13H,9-12,14H2,1-2H3. The number of piperazine rings is 1. The lowest BCUT2D eigenvalue weighted by Gasteiger charge is -2.37. The molecule has 162 valence electrons. The zero-order chi connectivity index (χ0) is 21.9. The van der Waals surface area contributed by atoms with Crippen LogP contribution in [0.25, 0.3) is 0 Å². The summed E-state index contributed by atoms with van der Waals surface area (Å²) >= 11 is 11.9. The van der Waals surface area contributed by atoms with Gasteiger partial charge in [-0.2, -0.15) is 0 Å². The van der Waals surface area contributed by atoms with Gasteiger partial charge in [0.25, 0.3) is 0 Å². The van der Waals surface area contributed by atoms with Crippen LogP contribution in [0.4, 0.5) is 11.4 Å². The first-order valence-electron chi connectivity index (χ1n) is 9.28. The van der Waals surface area contributed by atoms with E-state index in [0.29, 0.717) is 36.9 Å². The zero-order valence-corrected chi connectivity index (χ0v) is 19.0. The van der Waals surface area contributed by atoms with Crippen LogP contribution >= 0.6 is 23.2 Å². The largest absolute Gasteiger partial charge is 0.497 e. The first kappa shape index (κ1) is 22.5. The summed E-state index contributed by atoms with van der Waals surface area (Å²) in [4.78, 5) is 16.7. The minimum atomic E-state index is -3.68. The van der Waals surface area contributed by atoms with Gasteiger partial charge in [0.05, 0.1) is 29.1 Å². The Hall–Kier alpha value is -2.16. The topological polar surface area (TPSA) is 70.2 Å². The van der Waals surface area contributed by atoms with Crippen molar-refractivity contribution >= 4 is 50.5 Å². The van der Waals surface area contributed by atoms with Gasteiger partial charge < -0.3 is 14.5 Å². The van der Waals surface area contributed by atoms with Crippen LogP contribution in [0.1, 0.15) is 0 Å². The maximum absolute atomic E-state index is 12.8. The predicted molar refractivity (Wildman–Crippen MR) is 120 cm³/mol. The molecule has 3 rings (SSSR count). The number of carbonyl (C=O) groups excluding carboxylic acids is 1. The average molecular weight is 472 g/mol. The molecule has 0 unspecified atom stereocenters. The Kier molecular flexibility index (Phi) is 7.00. The van der Waals surface area contributed by atoms with E-state index in [9.17, 15) is 13.2 Å². The summed E-state index contributed by atoms with van der Waals surface area (Å²) in [5.74, 6) is 0.525. The summed E-state index contributed by atoms with van der Waals surface area (Å²) in [6.07, 6.45) is 1.06. The first-order valence-corrected chi connectivity index (χ1v) is 11.9. The van der Waals surface area contributed by atoms with Crippen molar-refractivity contribution in [3.63, 3.8) is 0 Å². The fourth-order valence-corrected chi connectivity index (χ4v) is 4.40. The SMILES string of the molecule is COc1ccc(N2CCN(C(=O)CN(c3ccc(Cl)c(Cl)c3)S(C)(=O)=O)CC2)cc1. The summed E-state index contributed by atoms with van der Waals surface area (Å²) in [5.41, 5.74) is 1.36. The van der Waals surface area contributed by atoms with Gasteiger partial charge in [0, 0.05) is 31.9 Å². The number of nitrogens with zero attached hydrogens (tertiary/aromatic N) is 3. The number of hydrogen-bond acceptors (Lipinski definition) is 5. The third kappa shape index (κ3) is 5.30. The van der Waals surface area contributed by atoms with Crippen molar-refractivity contribution in [3.8, 4) is 5.75 Å². The number of rotatable bonds is 6. The lowest BCUT2D eigenvalue weighted by atomic mass is 10.2. The number of methoxy groups -OCH3 is 1. The van der Waals surface area contributed by atoms with Crippen LogP contribution in [0.3, 0.4) is 0 Å². The molecular weight excluding hydrogens is 449 g/mol. The van der Waals surface area contributed by atoms with Gasteiger partial charge in [-0.1, -0.05) is 23.2 Å². The third-order valence-electron chi connectivity index (χ3n) is 4.94. The van der Waals surface area contributed by atoms with Crippen molar-refractivity contribution in [2.24, 2.45) is 0 Å². The molecule has 2 aromatic carbocycles. The summed E-state index contributed by atoms with van der Waals surface area (Å²) < 4.78 is 30.8. The highest BCUT2D eigenvalue weighted by atomic mass is 35.5. The lowest BCUT2D eigenvalue weighted by Crippen LogP contribution is -2.52. The maximum Gasteiger partial charge on any atom is 0.243 e. The normalized spacial score (nSPS) is 14.5. The Morgan fingerprint density at radius 2 is 1.67 bits per heavy atom. The fraction of sp³-hybridized carbons (Fsp3) is 0.350. The Labute approximate surface area is 186 Å². The van der Waals surface area contributed by atoms with Crippen LogP contribution in [0.15, 0.2) is 42.5 Å². The molecule has 1 aliphatic rings. The first-order chi connectivity index (χ1) is 14.2. The Morgan fingerprint density at radius 3 is 2.20 bits per heavy atom. The fourth-order valence-electron chi connectivity index (χ4n) is 3.27. The van der Waals surface area contributed by atoms with Gasteiger partial charge in [0.1, 0.15) is 12.3 Å². The van der Waals surface area contributed by atoms with Gasteiger partial charge in [-0.15, -0.1) is 0 Å². The van der Waals surface area contributed by atoms with Crippen LogP contribution in [0, 0.1) is 0 Å². The number of amides is 1. The Bertz CT molecular complexity index is 1010. The van der Waals surface area contributed by atoms with E-state index in [1.54, 1.807) is 12.0 Å². The molecule has 1 aliphatic heterocycles. The van der Waals surface area contributed by atoms with Crippen molar-refractivity contribution in [1.29, 1.82) is 0 Å². The average Bonchev–Trinajstić information content (AvgIpc) is 2.73. The second kappa shape index (κ2) is 9.32. The molecule has 30 heavy (non-hydrogen) atoms. The highest BCUT2D eigenvalue weighted by molar-refractivity contribution is 7.92. The van der Waals surface area contributed by atoms with E-state index in [-0.39, 0.29) is 17.5 Å². The summed E-state index contributed by atoms with van der Waals surface area (Å²) in [6.45, 7) is 2.03. The van der Waals surface area contributed by atoms with Crippen molar-refractivity contribution in [2.75, 3.05) is 55.3 Å². The molecule has 0 aliphatic carbocycles. The van der Waals surface area contributed by atoms with Gasteiger partial charge in [0.15, 0.2) is 0 Å². The van der Waals surface area contributed by atoms with Gasteiger partial charge in [-0.3, -0.25) is 9.10 Å². The molecule has 1 amide bonds. The van der Waals surface area contributed by atoms with E-state index >= 15 is 0 Å². The van der Waals surface area contributed by atoms with Gasteiger partial charge >= 0.3 is 0 Å². The molecule has 1 fully saturated rings. The van der Waals surface area contributed by atoms with E-state index in [0.717, 1.165) is 22.0 Å². The summed E-state index contributed by atoms with van der Waals surface area (Å²) in [7, 11) is -2.06. The van der Waals surface area contributed by atoms with Gasteiger partial charge in [0.2, 0.25) is 15.9 Å². The smallest absolute Gasteiger partial charge is 0.243 e. The lowest BCUT2D eigenvalue weighted by molar-refractivity contribution is -0.129. The van der Waals surface area contributed by atoms with Gasteiger partial charge in [-0.05, 0) is 42.5 Å². The highest BCUT2D eigenvalue weighted by Crippen LogP contribution is 2.28. The molecular formula is C20H23Cl2N3O4S. The molecule has 0 N–H and O–H groups in total. The summed E-state index contributed by atoms with van der Waals surface area (Å²) in [6, 6.07) is 12.2. The second-order valence-corrected chi connectivity index (χ2v) is 9.66. The van der Waals surface area contributed by atoms with E-state index in [4.69, 9.17) is 27.9 Å². The predicted octanol–water partition coefficient (Wildman–Crippen LogP) is 3.12. The number of hydrogen-bond donors (Lipinski definition) is 0. The summed E-state index contributed by atoms with van der Waals surface area (Å²) in [5, 5.41) is 0.540. The number of sulfonamides is 1. The van der Waals surface area contributed by atoms with Crippen LogP contribution in [-0.4, -0.2) is 65.3 Å². The molecule has 0 bridgehead atoms. The second-order valence-electron chi connectivity index (χ2n) is 6.93. The quantitative estimate of drug-likeness (QED) is 0.647. The molecule has 1 heterocycles. The number of benzene rings is 2. The van der Waals surface area contributed by atoms with E-state index in [1.807, 2.05) is 24.3 Å². The molecule has 10 heteroatoms. The van der Waals surface area contributed by atoms with Crippen LogP contribution in [-0.2, 0) is 14.8 Å². The van der Waals surface area contributed by atoms with E-state index in [2.05, 4.69) is 4.90 Å². The Morgan fingerprint density at radius 1 is 1.03 bits per heavy atom. The van der Waals surface area contributed by atoms with E-state index in [1.165, 1.54) is 18.2 Å². The molecule has 0 atom stereocenters. The monoisotopic (exact) mass is 471 g/mol. The number of halogens is 2. The van der Waals surface area contributed by atoms with Crippen molar-refractivity contribution < 1.29 is 17.9 Å². The molecule has 0 saturated carbocycles. The number of carbonyl (C=O) groups is 1. The molecule has 2 aromatic rings. The van der Waals surface area contributed by atoms with Gasteiger partial charge in [-0.25, -0.2) is 8.42 Å². The van der Waals surface area contributed by atoms with Crippen molar-refractivity contribution in [2.45, 2.75) is 0 Å². The third-order valence-corrected chi connectivity index (χ3v) is 6.82. The minimum Gasteiger partial charge on any atom is -0.497 e. The van der Waals surface area contributed by atoms with Crippen LogP contribution in [0.2, 0.25) is 10.0 Å². The van der Waals surface area contributed by atoms with Crippen molar-refractivity contribution in [3.05, 3.63) is 52.5 Å². The number of anilines is 2. The molecule has 0 radical (unpaired) electrons. The highest BCUT2D eigenvalue weighted by Gasteiger charge is 2.27. The zero-order valence-electron chi connectivity index (χ0n) is 16.7. The minimum absolute atomic E-state index is 0.225. The molecule has 0 spiro atoms. The Balaban J connectivity index is 1.66. The van der Waals surface area contributed by atoms with Crippen LogP contribution in [0.5, 0.6) is 5.75 Å². The van der Waals surface area contributed by atoms with Crippen molar-refractivity contribution in [1.82, 2.24) is 4.90 Å². The molecule has 1 saturated heterocycles. The van der Waals surface area contributed by atoms with Crippen LogP contribution < -0.4 is 13.9 Å². The molecule has 0 aromatic heterocycles.